The number of rotatable bonds is 5. The van der Waals surface area contributed by atoms with Gasteiger partial charge in [0.25, 0.3) is 5.91 Å². The average molecular weight is 270 g/mol. The van der Waals surface area contributed by atoms with Gasteiger partial charge in [-0.15, -0.1) is 0 Å². The quantitative estimate of drug-likeness (QED) is 0.805. The number of likely N-dealkylation sites (N-methyl/N-ethyl adjacent to an activating group) is 1. The van der Waals surface area contributed by atoms with Crippen molar-refractivity contribution in [1.82, 2.24) is 4.98 Å². The number of aromatic nitrogens is 1. The molecule has 0 fully saturated rings. The third-order valence-electron chi connectivity index (χ3n) is 3.19. The monoisotopic (exact) mass is 270 g/mol. The molecule has 0 saturated carbocycles. The third kappa shape index (κ3) is 3.06. The normalized spacial score (nSPS) is 10.2. The number of carbonyl (C=O) groups excluding carboxylic acids is 1. The van der Waals surface area contributed by atoms with Crippen LogP contribution in [-0.4, -0.2) is 24.5 Å². The number of hydrogen-bond acceptors (Lipinski definition) is 4. The minimum Gasteiger partial charge on any atom is -0.396 e. The highest BCUT2D eigenvalue weighted by Gasteiger charge is 2.12. The maximum absolute atomic E-state index is 11.3. The molecule has 0 spiro atoms. The first kappa shape index (κ1) is 13.9. The Morgan fingerprint density at radius 2 is 2.05 bits per heavy atom. The number of primary amides is 1. The largest absolute Gasteiger partial charge is 0.396 e. The molecular formula is C15H18N4O. The lowest BCUT2D eigenvalue weighted by atomic mass is 10.1. The summed E-state index contributed by atoms with van der Waals surface area (Å²) < 4.78 is 0. The maximum atomic E-state index is 11.3. The molecule has 0 saturated heterocycles. The molecule has 0 bridgehead atoms. The molecule has 0 unspecified atom stereocenters. The summed E-state index contributed by atoms with van der Waals surface area (Å²) >= 11 is 0. The number of para-hydroxylation sites is 1. The van der Waals surface area contributed by atoms with Crippen LogP contribution in [-0.2, 0) is 6.42 Å². The fraction of sp³-hybridized carbons (Fsp3) is 0.200. The number of nitrogen functional groups attached to an aromatic ring is 1. The van der Waals surface area contributed by atoms with E-state index in [1.54, 1.807) is 18.3 Å². The fourth-order valence-electron chi connectivity index (χ4n) is 2.05. The summed E-state index contributed by atoms with van der Waals surface area (Å²) in [6, 6.07) is 11.1. The lowest BCUT2D eigenvalue weighted by molar-refractivity contribution is 0.100. The molecule has 0 aliphatic carbocycles. The second-order valence-corrected chi connectivity index (χ2v) is 4.60. The van der Waals surface area contributed by atoms with Gasteiger partial charge in [0, 0.05) is 31.9 Å². The first-order valence-corrected chi connectivity index (χ1v) is 6.39. The minimum atomic E-state index is -0.512. The first-order chi connectivity index (χ1) is 9.59. The molecule has 4 N–H and O–H groups in total. The van der Waals surface area contributed by atoms with E-state index in [1.807, 2.05) is 36.2 Å². The Bertz CT molecular complexity index is 598. The van der Waals surface area contributed by atoms with Crippen LogP contribution in [0.3, 0.4) is 0 Å². The number of hydrogen-bond donors (Lipinski definition) is 2. The van der Waals surface area contributed by atoms with Gasteiger partial charge in [-0.05, 0) is 24.3 Å². The number of anilines is 2. The average Bonchev–Trinajstić information content (AvgIpc) is 2.46. The molecule has 1 heterocycles. The Morgan fingerprint density at radius 1 is 1.25 bits per heavy atom. The molecule has 0 aliphatic rings. The highest BCUT2D eigenvalue weighted by atomic mass is 16.1. The SMILES string of the molecule is CN(CCc1ccccn1)c1cccc(C(N)=O)c1N. The van der Waals surface area contributed by atoms with E-state index in [-0.39, 0.29) is 0 Å². The second kappa shape index (κ2) is 6.06. The van der Waals surface area contributed by atoms with Crippen molar-refractivity contribution in [1.29, 1.82) is 0 Å². The number of carbonyl (C=O) groups is 1. The molecule has 1 aromatic heterocycles. The summed E-state index contributed by atoms with van der Waals surface area (Å²) in [7, 11) is 1.93. The van der Waals surface area contributed by atoms with E-state index >= 15 is 0 Å². The summed E-state index contributed by atoms with van der Waals surface area (Å²) in [6.45, 7) is 0.753. The fourth-order valence-corrected chi connectivity index (χ4v) is 2.05. The zero-order valence-corrected chi connectivity index (χ0v) is 11.4. The van der Waals surface area contributed by atoms with Gasteiger partial charge in [0.1, 0.15) is 0 Å². The second-order valence-electron chi connectivity index (χ2n) is 4.60. The lowest BCUT2D eigenvalue weighted by Gasteiger charge is -2.21. The summed E-state index contributed by atoms with van der Waals surface area (Å²) in [5, 5.41) is 0. The molecule has 5 heteroatoms. The molecule has 0 radical (unpaired) electrons. The van der Waals surface area contributed by atoms with Gasteiger partial charge in [0.2, 0.25) is 0 Å². The Morgan fingerprint density at radius 3 is 2.70 bits per heavy atom. The molecule has 20 heavy (non-hydrogen) atoms. The van der Waals surface area contributed by atoms with Crippen LogP contribution in [0, 0.1) is 0 Å². The van der Waals surface area contributed by atoms with Crippen LogP contribution < -0.4 is 16.4 Å². The van der Waals surface area contributed by atoms with Crippen molar-refractivity contribution in [3.63, 3.8) is 0 Å². The predicted octanol–water partition coefficient (Wildman–Crippen LogP) is 1.44. The summed E-state index contributed by atoms with van der Waals surface area (Å²) in [6.07, 6.45) is 2.58. The van der Waals surface area contributed by atoms with Gasteiger partial charge in [-0.1, -0.05) is 12.1 Å². The van der Waals surface area contributed by atoms with Gasteiger partial charge >= 0.3 is 0 Å². The van der Waals surface area contributed by atoms with Crippen LogP contribution in [0.5, 0.6) is 0 Å². The topological polar surface area (TPSA) is 85.2 Å². The zero-order valence-electron chi connectivity index (χ0n) is 11.4. The molecule has 104 valence electrons. The highest BCUT2D eigenvalue weighted by Crippen LogP contribution is 2.25. The van der Waals surface area contributed by atoms with E-state index in [1.165, 1.54) is 0 Å². The molecule has 5 nitrogen and oxygen atoms in total. The zero-order chi connectivity index (χ0) is 14.5. The van der Waals surface area contributed by atoms with Crippen molar-refractivity contribution in [2.75, 3.05) is 24.2 Å². The molecule has 0 atom stereocenters. The number of amides is 1. The van der Waals surface area contributed by atoms with Crippen molar-refractivity contribution in [3.05, 3.63) is 53.9 Å². The van der Waals surface area contributed by atoms with E-state index in [0.717, 1.165) is 24.3 Å². The molecule has 1 amide bonds. The number of nitrogens with two attached hydrogens (primary N) is 2. The van der Waals surface area contributed by atoms with Crippen LogP contribution in [0.2, 0.25) is 0 Å². The van der Waals surface area contributed by atoms with E-state index in [9.17, 15) is 4.79 Å². The van der Waals surface area contributed by atoms with Gasteiger partial charge in [-0.25, -0.2) is 0 Å². The highest BCUT2D eigenvalue weighted by molar-refractivity contribution is 6.00. The van der Waals surface area contributed by atoms with Crippen LogP contribution in [0.4, 0.5) is 11.4 Å². The maximum Gasteiger partial charge on any atom is 0.250 e. The predicted molar refractivity (Wildman–Crippen MR) is 80.6 cm³/mol. The molecule has 0 aliphatic heterocycles. The summed E-state index contributed by atoms with van der Waals surface area (Å²) in [5.41, 5.74) is 13.9. The van der Waals surface area contributed by atoms with Gasteiger partial charge in [0.15, 0.2) is 0 Å². The van der Waals surface area contributed by atoms with Crippen molar-refractivity contribution in [2.45, 2.75) is 6.42 Å². The smallest absolute Gasteiger partial charge is 0.250 e. The molecule has 2 rings (SSSR count). The Hall–Kier alpha value is -2.56. The first-order valence-electron chi connectivity index (χ1n) is 6.39. The van der Waals surface area contributed by atoms with Crippen molar-refractivity contribution >= 4 is 17.3 Å². The molecule has 2 aromatic rings. The van der Waals surface area contributed by atoms with Crippen LogP contribution in [0.25, 0.3) is 0 Å². The lowest BCUT2D eigenvalue weighted by Crippen LogP contribution is -2.23. The van der Waals surface area contributed by atoms with Gasteiger partial charge in [-0.2, -0.15) is 0 Å². The Balaban J connectivity index is 2.11. The van der Waals surface area contributed by atoms with E-state index in [2.05, 4.69) is 4.98 Å². The van der Waals surface area contributed by atoms with Gasteiger partial charge < -0.3 is 16.4 Å². The molecular weight excluding hydrogens is 252 g/mol. The summed E-state index contributed by atoms with van der Waals surface area (Å²) in [4.78, 5) is 17.6. The third-order valence-corrected chi connectivity index (χ3v) is 3.19. The molecule has 1 aromatic carbocycles. The van der Waals surface area contributed by atoms with Crippen LogP contribution in [0.1, 0.15) is 16.1 Å². The summed E-state index contributed by atoms with van der Waals surface area (Å²) in [5.74, 6) is -0.512. The Kier molecular flexibility index (Phi) is 4.20. The van der Waals surface area contributed by atoms with Crippen LogP contribution >= 0.6 is 0 Å². The van der Waals surface area contributed by atoms with E-state index in [4.69, 9.17) is 11.5 Å². The minimum absolute atomic E-state index is 0.354. The Labute approximate surface area is 118 Å². The van der Waals surface area contributed by atoms with E-state index < -0.39 is 5.91 Å². The van der Waals surface area contributed by atoms with E-state index in [0.29, 0.717) is 11.3 Å². The van der Waals surface area contributed by atoms with Crippen molar-refractivity contribution in [3.8, 4) is 0 Å². The van der Waals surface area contributed by atoms with Crippen molar-refractivity contribution < 1.29 is 4.79 Å². The number of benzene rings is 1. The van der Waals surface area contributed by atoms with Gasteiger partial charge in [-0.3, -0.25) is 9.78 Å². The van der Waals surface area contributed by atoms with Crippen LogP contribution in [0.15, 0.2) is 42.6 Å². The van der Waals surface area contributed by atoms with Crippen molar-refractivity contribution in [2.24, 2.45) is 5.73 Å². The number of nitrogens with zero attached hydrogens (tertiary/aromatic N) is 2. The number of pyridine rings is 1. The standard InChI is InChI=1S/C15H18N4O/c1-19(10-8-11-5-2-3-9-18-11)13-7-4-6-12(14(13)16)15(17)20/h2-7,9H,8,10,16H2,1H3,(H2,17,20). The van der Waals surface area contributed by atoms with Gasteiger partial charge in [0.05, 0.1) is 16.9 Å².